The molecule has 0 saturated heterocycles. The quantitative estimate of drug-likeness (QED) is 0.0261. The first-order chi connectivity index (χ1) is 36.5. The van der Waals surface area contributed by atoms with Crippen LogP contribution in [0.4, 0.5) is 0 Å². The van der Waals surface area contributed by atoms with E-state index in [0.717, 1.165) is 103 Å². The summed E-state index contributed by atoms with van der Waals surface area (Å²) in [6.07, 6.45) is 88.4. The third kappa shape index (κ3) is 57.9. The van der Waals surface area contributed by atoms with Crippen molar-refractivity contribution in [3.8, 4) is 0 Å². The highest BCUT2D eigenvalue weighted by atomic mass is 16.6. The van der Waals surface area contributed by atoms with Crippen LogP contribution in [0.15, 0.2) is 158 Å². The average Bonchev–Trinajstić information content (AvgIpc) is 3.40. The molecule has 0 heterocycles. The maximum absolute atomic E-state index is 12.9. The minimum Gasteiger partial charge on any atom is -0.462 e. The summed E-state index contributed by atoms with van der Waals surface area (Å²) in [6, 6.07) is 0. The Morgan fingerprint density at radius 1 is 0.297 bits per heavy atom. The lowest BCUT2D eigenvalue weighted by molar-refractivity contribution is -0.166. The van der Waals surface area contributed by atoms with E-state index < -0.39 is 12.1 Å². The lowest BCUT2D eigenvalue weighted by Crippen LogP contribution is -2.30. The van der Waals surface area contributed by atoms with Gasteiger partial charge in [0.15, 0.2) is 6.10 Å². The van der Waals surface area contributed by atoms with Crippen LogP contribution in [-0.2, 0) is 28.6 Å². The van der Waals surface area contributed by atoms with Gasteiger partial charge in [-0.1, -0.05) is 249 Å². The van der Waals surface area contributed by atoms with Gasteiger partial charge in [-0.3, -0.25) is 14.4 Å². The first-order valence-electron chi connectivity index (χ1n) is 29.5. The summed E-state index contributed by atoms with van der Waals surface area (Å²) in [4.78, 5) is 38.1. The lowest BCUT2D eigenvalue weighted by Gasteiger charge is -2.18. The third-order valence-electron chi connectivity index (χ3n) is 11.8. The first kappa shape index (κ1) is 69.0. The van der Waals surface area contributed by atoms with Crippen LogP contribution in [0.5, 0.6) is 0 Å². The molecule has 0 spiro atoms. The molecular formula is C68H106O6. The molecule has 1 unspecified atom stereocenters. The molecule has 0 radical (unpaired) electrons. The highest BCUT2D eigenvalue weighted by Gasteiger charge is 2.19. The molecule has 0 aromatic carbocycles. The number of hydrogen-bond donors (Lipinski definition) is 0. The van der Waals surface area contributed by atoms with E-state index in [1.165, 1.54) is 83.5 Å². The van der Waals surface area contributed by atoms with Crippen molar-refractivity contribution in [3.05, 3.63) is 158 Å². The normalized spacial score (nSPS) is 13.3. The molecule has 0 fully saturated rings. The molecule has 1 atom stereocenters. The fourth-order valence-electron chi connectivity index (χ4n) is 7.44. The van der Waals surface area contributed by atoms with Crippen LogP contribution in [0, 0.1) is 0 Å². The molecular weight excluding hydrogens is 913 g/mol. The summed E-state index contributed by atoms with van der Waals surface area (Å²) in [7, 11) is 0. The average molecular weight is 1020 g/mol. The summed E-state index contributed by atoms with van der Waals surface area (Å²) >= 11 is 0. The maximum Gasteiger partial charge on any atom is 0.309 e. The SMILES string of the molecule is CC/C=C\C/C=C\C/C=C\C/C=C\C/C=C\C/C=C\C/C=C\CCCC(=O)OCC(COC(=O)C/C=C\C/C=C\C/C=C\C/C=C\C/C=C\CC)OC(=O)CCCCCCCCC/C=C\CCCCCCCCC. The van der Waals surface area contributed by atoms with Gasteiger partial charge >= 0.3 is 17.9 Å². The molecule has 0 aromatic heterocycles. The van der Waals surface area contributed by atoms with Gasteiger partial charge in [0, 0.05) is 12.8 Å². The molecule has 0 rings (SSSR count). The topological polar surface area (TPSA) is 78.9 Å². The van der Waals surface area contributed by atoms with Crippen molar-refractivity contribution >= 4 is 17.9 Å². The van der Waals surface area contributed by atoms with E-state index >= 15 is 0 Å². The van der Waals surface area contributed by atoms with Crippen molar-refractivity contribution < 1.29 is 28.6 Å². The third-order valence-corrected chi connectivity index (χ3v) is 11.8. The second kappa shape index (κ2) is 60.6. The highest BCUT2D eigenvalue weighted by Crippen LogP contribution is 2.13. The van der Waals surface area contributed by atoms with Gasteiger partial charge in [0.05, 0.1) is 6.42 Å². The predicted octanol–water partition coefficient (Wildman–Crippen LogP) is 20.1. The number of carbonyl (C=O) groups excluding carboxylic acids is 3. The van der Waals surface area contributed by atoms with Gasteiger partial charge in [0.1, 0.15) is 13.2 Å². The van der Waals surface area contributed by atoms with Crippen molar-refractivity contribution in [1.29, 1.82) is 0 Å². The van der Waals surface area contributed by atoms with Crippen LogP contribution >= 0.6 is 0 Å². The van der Waals surface area contributed by atoms with E-state index in [1.54, 1.807) is 6.08 Å². The maximum atomic E-state index is 12.9. The zero-order chi connectivity index (χ0) is 53.6. The monoisotopic (exact) mass is 1020 g/mol. The van der Waals surface area contributed by atoms with E-state index in [0.29, 0.717) is 6.42 Å². The van der Waals surface area contributed by atoms with Gasteiger partial charge in [-0.15, -0.1) is 0 Å². The number of hydrogen-bond acceptors (Lipinski definition) is 6. The Morgan fingerprint density at radius 3 is 1.00 bits per heavy atom. The summed E-state index contributed by atoms with van der Waals surface area (Å²) in [5.74, 6) is -1.14. The van der Waals surface area contributed by atoms with E-state index in [2.05, 4.69) is 167 Å². The molecule has 0 aliphatic carbocycles. The first-order valence-corrected chi connectivity index (χ1v) is 29.5. The predicted molar refractivity (Wildman–Crippen MR) is 320 cm³/mol. The van der Waals surface area contributed by atoms with E-state index in [9.17, 15) is 14.4 Å². The van der Waals surface area contributed by atoms with Gasteiger partial charge in [0.25, 0.3) is 0 Å². The minimum atomic E-state index is -0.852. The van der Waals surface area contributed by atoms with Gasteiger partial charge in [0.2, 0.25) is 0 Å². The van der Waals surface area contributed by atoms with E-state index in [-0.39, 0.29) is 44.4 Å². The van der Waals surface area contributed by atoms with Crippen molar-refractivity contribution in [3.63, 3.8) is 0 Å². The number of rotatable bonds is 51. The van der Waals surface area contributed by atoms with Crippen LogP contribution in [0.3, 0.4) is 0 Å². The molecule has 6 nitrogen and oxygen atoms in total. The molecule has 0 aliphatic rings. The largest absolute Gasteiger partial charge is 0.462 e. The van der Waals surface area contributed by atoms with Crippen LogP contribution in [0.1, 0.15) is 233 Å². The van der Waals surface area contributed by atoms with E-state index in [1.807, 2.05) is 6.08 Å². The zero-order valence-electron chi connectivity index (χ0n) is 47.3. The smallest absolute Gasteiger partial charge is 0.309 e. The fraction of sp³-hybridized carbons (Fsp3) is 0.574. The van der Waals surface area contributed by atoms with Gasteiger partial charge in [-0.25, -0.2) is 0 Å². The number of allylic oxidation sites excluding steroid dienone is 25. The lowest BCUT2D eigenvalue weighted by atomic mass is 10.1. The second-order valence-electron chi connectivity index (χ2n) is 18.8. The van der Waals surface area contributed by atoms with Crippen molar-refractivity contribution in [2.24, 2.45) is 0 Å². The Kier molecular flexibility index (Phi) is 56.5. The summed E-state index contributed by atoms with van der Waals surface area (Å²) < 4.78 is 16.7. The molecule has 0 aromatic rings. The van der Waals surface area contributed by atoms with Gasteiger partial charge in [-0.05, 0) is 122 Å². The van der Waals surface area contributed by atoms with E-state index in [4.69, 9.17) is 14.2 Å². The van der Waals surface area contributed by atoms with Crippen LogP contribution in [-0.4, -0.2) is 37.2 Å². The fourth-order valence-corrected chi connectivity index (χ4v) is 7.44. The Balaban J connectivity index is 4.60. The van der Waals surface area contributed by atoms with Crippen molar-refractivity contribution in [2.45, 2.75) is 239 Å². The Hall–Kier alpha value is -4.97. The minimum absolute atomic E-state index is 0.109. The zero-order valence-corrected chi connectivity index (χ0v) is 47.3. The number of unbranched alkanes of at least 4 members (excludes halogenated alkanes) is 15. The highest BCUT2D eigenvalue weighted by molar-refractivity contribution is 5.72. The second-order valence-corrected chi connectivity index (χ2v) is 18.8. The van der Waals surface area contributed by atoms with Crippen LogP contribution in [0.2, 0.25) is 0 Å². The summed E-state index contributed by atoms with van der Waals surface area (Å²) in [6.45, 7) is 6.26. The van der Waals surface area contributed by atoms with Crippen LogP contribution < -0.4 is 0 Å². The molecule has 74 heavy (non-hydrogen) atoms. The Morgan fingerprint density at radius 2 is 0.595 bits per heavy atom. The molecule has 0 bridgehead atoms. The Labute approximate surface area is 454 Å². The van der Waals surface area contributed by atoms with Gasteiger partial charge in [-0.2, -0.15) is 0 Å². The van der Waals surface area contributed by atoms with Crippen molar-refractivity contribution in [2.75, 3.05) is 13.2 Å². The molecule has 414 valence electrons. The molecule has 6 heteroatoms. The van der Waals surface area contributed by atoms with Crippen LogP contribution in [0.25, 0.3) is 0 Å². The number of esters is 3. The molecule has 0 N–H and O–H groups in total. The molecule has 0 aliphatic heterocycles. The van der Waals surface area contributed by atoms with Crippen molar-refractivity contribution in [1.82, 2.24) is 0 Å². The summed E-state index contributed by atoms with van der Waals surface area (Å²) in [5, 5.41) is 0. The molecule has 0 amide bonds. The summed E-state index contributed by atoms with van der Waals surface area (Å²) in [5.41, 5.74) is 0. The molecule has 0 saturated carbocycles. The number of ether oxygens (including phenoxy) is 3. The number of carbonyl (C=O) groups is 3. The Bertz CT molecular complexity index is 1690. The van der Waals surface area contributed by atoms with Gasteiger partial charge < -0.3 is 14.2 Å². The standard InChI is InChI=1S/C68H106O6/c1-4-7-10-13-16-19-22-25-28-30-32-33-34-35-36-38-40-43-46-49-52-55-58-61-67(70)73-64-65(63-72-66(69)60-57-54-51-48-45-42-39-27-24-21-18-15-12-9-6-3)74-68(71)62-59-56-53-50-47-44-41-37-31-29-26-23-20-17-14-11-8-5-2/h7,9-10,12,16,18-19,21,25,27-29,31-33,35-36,39-40,43,45,48-49,52,54,57,65H,4-6,8,11,13-15,17,20,22-24,26,30,34,37-38,41-42,44,46-47,50-51,53,55-56,58-64H2,1-3H3/b10-7-,12-9-,19-16-,21-18-,28-25-,31-29-,33-32-,36-35-,39-27-,43-40-,48-45-,52-49-,57-54-.